The number of pyridine rings is 1. The Balaban J connectivity index is 2.36. The molecule has 6 heteroatoms. The summed E-state index contributed by atoms with van der Waals surface area (Å²) in [6, 6.07) is 2.53. The highest BCUT2D eigenvalue weighted by molar-refractivity contribution is 5.77. The van der Waals surface area contributed by atoms with Gasteiger partial charge in [0.1, 0.15) is 6.04 Å². The second kappa shape index (κ2) is 5.26. The van der Waals surface area contributed by atoms with Crippen LogP contribution in [0.1, 0.15) is 33.2 Å². The monoisotopic (exact) mass is 264 g/mol. The summed E-state index contributed by atoms with van der Waals surface area (Å²) in [7, 11) is 0. The molecule has 2 heterocycles. The SMILES string of the molecule is CCC(C)OC(=O)C(C)n1c(=O)oc2cccnc21. The van der Waals surface area contributed by atoms with Gasteiger partial charge in [0.2, 0.25) is 0 Å². The first-order valence-corrected chi connectivity index (χ1v) is 6.21. The molecule has 0 aliphatic heterocycles. The number of nitrogens with zero attached hydrogens (tertiary/aromatic N) is 2. The van der Waals surface area contributed by atoms with E-state index in [1.165, 1.54) is 4.57 Å². The molecule has 0 amide bonds. The van der Waals surface area contributed by atoms with E-state index in [0.29, 0.717) is 11.2 Å². The fourth-order valence-corrected chi connectivity index (χ4v) is 1.70. The van der Waals surface area contributed by atoms with Gasteiger partial charge < -0.3 is 9.15 Å². The van der Waals surface area contributed by atoms with E-state index in [9.17, 15) is 9.59 Å². The smallest absolute Gasteiger partial charge is 0.422 e. The molecule has 0 aromatic carbocycles. The number of fused-ring (bicyclic) bond motifs is 1. The molecule has 2 aromatic heterocycles. The van der Waals surface area contributed by atoms with Crippen molar-refractivity contribution in [2.24, 2.45) is 0 Å². The van der Waals surface area contributed by atoms with Gasteiger partial charge in [-0.25, -0.2) is 19.1 Å². The number of carbonyl (C=O) groups is 1. The Morgan fingerprint density at radius 1 is 1.53 bits per heavy atom. The molecule has 0 fully saturated rings. The minimum absolute atomic E-state index is 0.184. The van der Waals surface area contributed by atoms with Crippen LogP contribution in [0, 0.1) is 0 Å². The minimum Gasteiger partial charge on any atom is -0.461 e. The van der Waals surface area contributed by atoms with Crippen LogP contribution in [0.2, 0.25) is 0 Å². The predicted molar refractivity (Wildman–Crippen MR) is 68.8 cm³/mol. The van der Waals surface area contributed by atoms with Gasteiger partial charge in [-0.2, -0.15) is 0 Å². The van der Waals surface area contributed by atoms with Crippen molar-refractivity contribution in [2.45, 2.75) is 39.3 Å². The van der Waals surface area contributed by atoms with Crippen molar-refractivity contribution in [3.05, 3.63) is 28.9 Å². The van der Waals surface area contributed by atoms with Gasteiger partial charge in [-0.05, 0) is 32.4 Å². The average Bonchev–Trinajstić information content (AvgIpc) is 2.73. The molecular formula is C13H16N2O4. The fourth-order valence-electron chi connectivity index (χ4n) is 1.70. The fraction of sp³-hybridized carbons (Fsp3) is 0.462. The van der Waals surface area contributed by atoms with Crippen molar-refractivity contribution in [3.8, 4) is 0 Å². The van der Waals surface area contributed by atoms with Crippen LogP contribution in [-0.4, -0.2) is 21.6 Å². The lowest BCUT2D eigenvalue weighted by Crippen LogP contribution is -2.28. The van der Waals surface area contributed by atoms with Crippen LogP contribution in [0.5, 0.6) is 0 Å². The first kappa shape index (κ1) is 13.3. The molecule has 0 N–H and O–H groups in total. The van der Waals surface area contributed by atoms with E-state index in [1.807, 2.05) is 6.92 Å². The quantitative estimate of drug-likeness (QED) is 0.788. The maximum Gasteiger partial charge on any atom is 0.422 e. The number of esters is 1. The first-order valence-electron chi connectivity index (χ1n) is 6.21. The first-order chi connectivity index (χ1) is 9.04. The van der Waals surface area contributed by atoms with Gasteiger partial charge >= 0.3 is 11.7 Å². The Hall–Kier alpha value is -2.11. The molecule has 0 radical (unpaired) electrons. The predicted octanol–water partition coefficient (Wildman–Crippen LogP) is 1.89. The van der Waals surface area contributed by atoms with Crippen molar-refractivity contribution < 1.29 is 13.9 Å². The van der Waals surface area contributed by atoms with E-state index in [-0.39, 0.29) is 6.10 Å². The number of aromatic nitrogens is 2. The Morgan fingerprint density at radius 2 is 2.26 bits per heavy atom. The summed E-state index contributed by atoms with van der Waals surface area (Å²) in [5, 5.41) is 0. The minimum atomic E-state index is -0.766. The summed E-state index contributed by atoms with van der Waals surface area (Å²) in [6.07, 6.45) is 2.08. The van der Waals surface area contributed by atoms with Crippen LogP contribution >= 0.6 is 0 Å². The summed E-state index contributed by atoms with van der Waals surface area (Å²) in [5.74, 6) is -1.08. The third kappa shape index (κ3) is 2.52. The highest BCUT2D eigenvalue weighted by atomic mass is 16.5. The summed E-state index contributed by atoms with van der Waals surface area (Å²) < 4.78 is 11.5. The van der Waals surface area contributed by atoms with E-state index in [0.717, 1.165) is 6.42 Å². The maximum absolute atomic E-state index is 12.0. The lowest BCUT2D eigenvalue weighted by atomic mass is 10.3. The Bertz CT molecular complexity index is 643. The van der Waals surface area contributed by atoms with Gasteiger partial charge in [0, 0.05) is 6.20 Å². The van der Waals surface area contributed by atoms with Gasteiger partial charge in [-0.1, -0.05) is 6.92 Å². The summed E-state index contributed by atoms with van der Waals surface area (Å²) in [5.41, 5.74) is 0.705. The van der Waals surface area contributed by atoms with Crippen LogP contribution in [0.25, 0.3) is 11.2 Å². The lowest BCUT2D eigenvalue weighted by molar-refractivity contribution is -0.151. The molecule has 0 saturated heterocycles. The molecule has 2 unspecified atom stereocenters. The average molecular weight is 264 g/mol. The molecule has 0 spiro atoms. The molecule has 102 valence electrons. The molecule has 19 heavy (non-hydrogen) atoms. The third-order valence-electron chi connectivity index (χ3n) is 2.99. The molecule has 2 rings (SSSR count). The Kier molecular flexibility index (Phi) is 3.69. The zero-order valence-electron chi connectivity index (χ0n) is 11.1. The summed E-state index contributed by atoms with van der Waals surface area (Å²) in [6.45, 7) is 5.32. The zero-order valence-corrected chi connectivity index (χ0v) is 11.1. The van der Waals surface area contributed by atoms with E-state index in [4.69, 9.17) is 9.15 Å². The van der Waals surface area contributed by atoms with Gasteiger partial charge in [0.05, 0.1) is 6.10 Å². The molecule has 6 nitrogen and oxygen atoms in total. The Morgan fingerprint density at radius 3 is 2.95 bits per heavy atom. The summed E-state index contributed by atoms with van der Waals surface area (Å²) >= 11 is 0. The standard InChI is InChI=1S/C13H16N2O4/c1-4-8(2)18-12(16)9(3)15-11-10(19-13(15)17)6-5-7-14-11/h5-9H,4H2,1-3H3. The van der Waals surface area contributed by atoms with Gasteiger partial charge in [0.25, 0.3) is 0 Å². The van der Waals surface area contributed by atoms with E-state index in [1.54, 1.807) is 32.2 Å². The van der Waals surface area contributed by atoms with Crippen molar-refractivity contribution in [2.75, 3.05) is 0 Å². The number of ether oxygens (including phenoxy) is 1. The third-order valence-corrected chi connectivity index (χ3v) is 2.99. The number of rotatable bonds is 4. The number of hydrogen-bond donors (Lipinski definition) is 0. The van der Waals surface area contributed by atoms with Crippen LogP contribution in [0.4, 0.5) is 0 Å². The molecule has 0 aliphatic rings. The second-order valence-electron chi connectivity index (χ2n) is 4.39. The van der Waals surface area contributed by atoms with Crippen molar-refractivity contribution in [1.29, 1.82) is 0 Å². The van der Waals surface area contributed by atoms with Crippen LogP contribution in [0.15, 0.2) is 27.5 Å². The molecule has 0 aliphatic carbocycles. The molecule has 2 aromatic rings. The number of hydrogen-bond acceptors (Lipinski definition) is 5. The van der Waals surface area contributed by atoms with Gasteiger partial charge in [0.15, 0.2) is 11.2 Å². The van der Waals surface area contributed by atoms with E-state index >= 15 is 0 Å². The summed E-state index contributed by atoms with van der Waals surface area (Å²) in [4.78, 5) is 27.8. The second-order valence-corrected chi connectivity index (χ2v) is 4.39. The van der Waals surface area contributed by atoms with Crippen LogP contribution in [0.3, 0.4) is 0 Å². The van der Waals surface area contributed by atoms with Crippen LogP contribution < -0.4 is 5.76 Å². The van der Waals surface area contributed by atoms with Crippen molar-refractivity contribution in [1.82, 2.24) is 9.55 Å². The zero-order chi connectivity index (χ0) is 14.0. The van der Waals surface area contributed by atoms with Crippen LogP contribution in [-0.2, 0) is 9.53 Å². The van der Waals surface area contributed by atoms with E-state index in [2.05, 4.69) is 4.98 Å². The number of oxazole rings is 1. The highest BCUT2D eigenvalue weighted by Gasteiger charge is 2.24. The molecule has 2 atom stereocenters. The van der Waals surface area contributed by atoms with Crippen molar-refractivity contribution >= 4 is 17.2 Å². The molecule has 0 bridgehead atoms. The topological polar surface area (TPSA) is 74.3 Å². The molecule has 0 saturated carbocycles. The maximum atomic E-state index is 12.0. The number of carbonyl (C=O) groups excluding carboxylic acids is 1. The normalized spacial score (nSPS) is 14.3. The highest BCUT2D eigenvalue weighted by Crippen LogP contribution is 2.16. The van der Waals surface area contributed by atoms with Gasteiger partial charge in [-0.3, -0.25) is 0 Å². The lowest BCUT2D eigenvalue weighted by Gasteiger charge is -2.15. The largest absolute Gasteiger partial charge is 0.461 e. The molecular weight excluding hydrogens is 248 g/mol. The van der Waals surface area contributed by atoms with Gasteiger partial charge in [-0.15, -0.1) is 0 Å². The van der Waals surface area contributed by atoms with Crippen molar-refractivity contribution in [3.63, 3.8) is 0 Å². The Labute approximate surface area is 110 Å². The van der Waals surface area contributed by atoms with E-state index < -0.39 is 17.8 Å².